The number of pyridine rings is 1. The molecule has 23 heavy (non-hydrogen) atoms. The molecule has 0 saturated heterocycles. The molecule has 0 aliphatic carbocycles. The molecule has 0 saturated carbocycles. The zero-order valence-corrected chi connectivity index (χ0v) is 12.8. The van der Waals surface area contributed by atoms with Crippen LogP contribution in [0.4, 0.5) is 4.39 Å². The van der Waals surface area contributed by atoms with Crippen molar-refractivity contribution in [3.8, 4) is 0 Å². The SMILES string of the molecule is CO/C(C=N)=C/NCc1nc2cnc3ccc(F)cc3c2n1C. The number of aryl methyl sites for hydroxylation is 1. The zero-order valence-electron chi connectivity index (χ0n) is 12.8. The van der Waals surface area contributed by atoms with E-state index in [9.17, 15) is 4.39 Å². The first-order valence-electron chi connectivity index (χ1n) is 7.01. The van der Waals surface area contributed by atoms with E-state index in [1.165, 1.54) is 19.2 Å². The minimum Gasteiger partial charge on any atom is -0.494 e. The number of halogens is 1. The molecule has 0 aliphatic heterocycles. The van der Waals surface area contributed by atoms with Gasteiger partial charge in [-0.05, 0) is 18.2 Å². The Kier molecular flexibility index (Phi) is 3.92. The second-order valence-corrected chi connectivity index (χ2v) is 5.02. The van der Waals surface area contributed by atoms with Gasteiger partial charge in [0.05, 0.1) is 37.1 Å². The molecule has 1 aromatic carbocycles. The summed E-state index contributed by atoms with van der Waals surface area (Å²) in [5, 5.41) is 10.9. The van der Waals surface area contributed by atoms with Gasteiger partial charge in [0.15, 0.2) is 5.76 Å². The summed E-state index contributed by atoms with van der Waals surface area (Å²) in [6.07, 6.45) is 4.40. The number of benzene rings is 1. The summed E-state index contributed by atoms with van der Waals surface area (Å²) in [5.74, 6) is 0.888. The molecule has 3 aromatic rings. The summed E-state index contributed by atoms with van der Waals surface area (Å²) in [4.78, 5) is 8.84. The van der Waals surface area contributed by atoms with E-state index < -0.39 is 0 Å². The van der Waals surface area contributed by atoms with Crippen LogP contribution in [-0.4, -0.2) is 27.9 Å². The van der Waals surface area contributed by atoms with Crippen LogP contribution in [0.2, 0.25) is 0 Å². The summed E-state index contributed by atoms with van der Waals surface area (Å²) in [6, 6.07) is 4.53. The maximum absolute atomic E-state index is 13.6. The summed E-state index contributed by atoms with van der Waals surface area (Å²) in [5.41, 5.74) is 2.28. The highest BCUT2D eigenvalue weighted by Crippen LogP contribution is 2.24. The fourth-order valence-electron chi connectivity index (χ4n) is 2.48. The van der Waals surface area contributed by atoms with Gasteiger partial charge in [-0.2, -0.15) is 0 Å². The van der Waals surface area contributed by atoms with E-state index in [2.05, 4.69) is 15.3 Å². The number of fused-ring (bicyclic) bond motifs is 3. The Labute approximate surface area is 132 Å². The molecule has 2 aromatic heterocycles. The largest absolute Gasteiger partial charge is 0.494 e. The molecule has 0 aliphatic rings. The van der Waals surface area contributed by atoms with Crippen molar-refractivity contribution in [2.75, 3.05) is 7.11 Å². The molecule has 2 N–H and O–H groups in total. The fraction of sp³-hybridized carbons (Fsp3) is 0.188. The number of nitrogens with zero attached hydrogens (tertiary/aromatic N) is 3. The molecule has 7 heteroatoms. The van der Waals surface area contributed by atoms with Crippen molar-refractivity contribution in [2.24, 2.45) is 7.05 Å². The van der Waals surface area contributed by atoms with Crippen LogP contribution >= 0.6 is 0 Å². The van der Waals surface area contributed by atoms with Crippen LogP contribution in [-0.2, 0) is 18.3 Å². The van der Waals surface area contributed by atoms with Crippen molar-refractivity contribution in [1.82, 2.24) is 19.9 Å². The van der Waals surface area contributed by atoms with Gasteiger partial charge in [-0.25, -0.2) is 9.37 Å². The lowest BCUT2D eigenvalue weighted by atomic mass is 10.2. The van der Waals surface area contributed by atoms with Gasteiger partial charge < -0.3 is 20.0 Å². The number of aromatic nitrogens is 3. The number of ether oxygens (including phenoxy) is 1. The van der Waals surface area contributed by atoms with Crippen LogP contribution in [0.3, 0.4) is 0 Å². The molecule has 0 unspecified atom stereocenters. The van der Waals surface area contributed by atoms with Gasteiger partial charge in [0, 0.05) is 18.6 Å². The number of nitrogens with one attached hydrogen (secondary N) is 2. The molecule has 0 radical (unpaired) electrons. The molecule has 2 heterocycles. The Morgan fingerprint density at radius 3 is 3.00 bits per heavy atom. The molecule has 118 valence electrons. The predicted octanol–water partition coefficient (Wildman–Crippen LogP) is 2.49. The lowest BCUT2D eigenvalue weighted by Gasteiger charge is -2.05. The van der Waals surface area contributed by atoms with Crippen LogP contribution in [0.1, 0.15) is 5.82 Å². The summed E-state index contributed by atoms with van der Waals surface area (Å²) < 4.78 is 20.4. The number of imidazole rings is 1. The molecular weight excluding hydrogens is 297 g/mol. The zero-order chi connectivity index (χ0) is 16.4. The Balaban J connectivity index is 2.01. The first-order valence-corrected chi connectivity index (χ1v) is 7.01. The van der Waals surface area contributed by atoms with Gasteiger partial charge >= 0.3 is 0 Å². The number of hydrogen-bond acceptors (Lipinski definition) is 5. The van der Waals surface area contributed by atoms with Gasteiger partial charge in [-0.3, -0.25) is 4.98 Å². The Bertz CT molecular complexity index is 916. The minimum absolute atomic E-state index is 0.300. The molecule has 6 nitrogen and oxygen atoms in total. The van der Waals surface area contributed by atoms with Crippen molar-refractivity contribution in [2.45, 2.75) is 6.54 Å². The van der Waals surface area contributed by atoms with Gasteiger partial charge in [0.2, 0.25) is 0 Å². The average Bonchev–Trinajstić information content (AvgIpc) is 2.88. The maximum Gasteiger partial charge on any atom is 0.151 e. The molecule has 0 bridgehead atoms. The Hall–Kier alpha value is -2.96. The van der Waals surface area contributed by atoms with Crippen LogP contribution in [0.15, 0.2) is 36.4 Å². The van der Waals surface area contributed by atoms with E-state index in [1.807, 2.05) is 11.6 Å². The van der Waals surface area contributed by atoms with Gasteiger partial charge in [-0.15, -0.1) is 0 Å². The van der Waals surface area contributed by atoms with Crippen LogP contribution in [0, 0.1) is 11.2 Å². The number of methoxy groups -OCH3 is 1. The molecule has 0 atom stereocenters. The second kappa shape index (κ2) is 6.04. The smallest absolute Gasteiger partial charge is 0.151 e. The first-order chi connectivity index (χ1) is 11.1. The lowest BCUT2D eigenvalue weighted by molar-refractivity contribution is 0.314. The predicted molar refractivity (Wildman–Crippen MR) is 86.7 cm³/mol. The normalized spacial score (nSPS) is 11.9. The van der Waals surface area contributed by atoms with E-state index in [-0.39, 0.29) is 5.82 Å². The molecule has 3 rings (SSSR count). The van der Waals surface area contributed by atoms with E-state index in [1.54, 1.807) is 18.5 Å². The molecular formula is C16H16FN5O. The van der Waals surface area contributed by atoms with Crippen LogP contribution in [0.25, 0.3) is 21.9 Å². The first kappa shape index (κ1) is 15.0. The quantitative estimate of drug-likeness (QED) is 0.560. The second-order valence-electron chi connectivity index (χ2n) is 5.02. The van der Waals surface area contributed by atoms with Gasteiger partial charge in [0.25, 0.3) is 0 Å². The Morgan fingerprint density at radius 1 is 1.43 bits per heavy atom. The van der Waals surface area contributed by atoms with Crippen molar-refractivity contribution >= 4 is 28.2 Å². The third-order valence-electron chi connectivity index (χ3n) is 3.64. The topological polar surface area (TPSA) is 75.8 Å². The van der Waals surface area contributed by atoms with Gasteiger partial charge in [0.1, 0.15) is 17.2 Å². The highest BCUT2D eigenvalue weighted by Gasteiger charge is 2.12. The van der Waals surface area contributed by atoms with E-state index >= 15 is 0 Å². The van der Waals surface area contributed by atoms with E-state index in [4.69, 9.17) is 10.1 Å². The van der Waals surface area contributed by atoms with E-state index in [0.29, 0.717) is 17.8 Å². The van der Waals surface area contributed by atoms with Crippen molar-refractivity contribution in [3.05, 3.63) is 48.0 Å². The number of hydrogen-bond donors (Lipinski definition) is 2. The molecule has 0 spiro atoms. The lowest BCUT2D eigenvalue weighted by Crippen LogP contribution is -2.11. The van der Waals surface area contributed by atoms with Crippen LogP contribution in [0.5, 0.6) is 0 Å². The number of rotatable bonds is 5. The highest BCUT2D eigenvalue weighted by molar-refractivity contribution is 6.02. The highest BCUT2D eigenvalue weighted by atomic mass is 19.1. The molecule has 0 amide bonds. The van der Waals surface area contributed by atoms with Crippen molar-refractivity contribution in [1.29, 1.82) is 5.41 Å². The van der Waals surface area contributed by atoms with Gasteiger partial charge in [-0.1, -0.05) is 0 Å². The standard InChI is InChI=1S/C16H16FN5O/c1-22-15(9-19-7-11(6-18)23-2)21-14-8-20-13-4-3-10(17)5-12(13)16(14)22/h3-8,18-19H,9H2,1-2H3/b11-7+,18-6?. The van der Waals surface area contributed by atoms with E-state index in [0.717, 1.165) is 28.5 Å². The Morgan fingerprint density at radius 2 is 2.26 bits per heavy atom. The monoisotopic (exact) mass is 313 g/mol. The maximum atomic E-state index is 13.6. The fourth-order valence-corrected chi connectivity index (χ4v) is 2.48. The molecule has 0 fully saturated rings. The summed E-state index contributed by atoms with van der Waals surface area (Å²) in [6.45, 7) is 0.447. The van der Waals surface area contributed by atoms with Crippen LogP contribution < -0.4 is 5.32 Å². The van der Waals surface area contributed by atoms with Crippen molar-refractivity contribution < 1.29 is 9.13 Å². The minimum atomic E-state index is -0.300. The summed E-state index contributed by atoms with van der Waals surface area (Å²) >= 11 is 0. The summed E-state index contributed by atoms with van der Waals surface area (Å²) in [7, 11) is 3.38. The van der Waals surface area contributed by atoms with Crippen molar-refractivity contribution in [3.63, 3.8) is 0 Å². The number of allylic oxidation sites excluding steroid dienone is 1. The average molecular weight is 313 g/mol. The third-order valence-corrected chi connectivity index (χ3v) is 3.64. The third kappa shape index (κ3) is 2.73.